The van der Waals surface area contributed by atoms with Crippen LogP contribution in [0.1, 0.15) is 110 Å². The molecule has 0 aliphatic heterocycles. The molecule has 0 N–H and O–H groups in total. The number of hydrogen-bond donors (Lipinski definition) is 0. The number of ether oxygens (including phenoxy) is 1. The van der Waals surface area contributed by atoms with E-state index in [1.54, 1.807) is 12.1 Å². The average molecular weight is 426 g/mol. The number of rotatable bonds is 17. The van der Waals surface area contributed by atoms with Crippen LogP contribution in [-0.4, -0.2) is 19.6 Å². The zero-order valence-corrected chi connectivity index (χ0v) is 20.4. The highest BCUT2D eigenvalue weighted by Crippen LogP contribution is 2.31. The quantitative estimate of drug-likeness (QED) is 0.113. The minimum atomic E-state index is -0.787. The Morgan fingerprint density at radius 1 is 0.871 bits per heavy atom. The Hall–Kier alpha value is -1.58. The van der Waals surface area contributed by atoms with Gasteiger partial charge in [-0.05, 0) is 42.3 Å². The lowest BCUT2D eigenvalue weighted by Gasteiger charge is -2.23. The first-order valence-corrected chi connectivity index (χ1v) is 12.5. The van der Waals surface area contributed by atoms with Crippen molar-refractivity contribution in [3.8, 4) is 5.75 Å². The minimum Gasteiger partial charge on any atom is -0.426 e. The molecule has 2 radical (unpaired) electrons. The Labute approximate surface area is 192 Å². The van der Waals surface area contributed by atoms with Crippen LogP contribution in [0.25, 0.3) is 0 Å². The van der Waals surface area contributed by atoms with E-state index in [2.05, 4.69) is 20.8 Å². The van der Waals surface area contributed by atoms with Crippen molar-refractivity contribution >= 4 is 19.6 Å². The van der Waals surface area contributed by atoms with E-state index in [1.807, 2.05) is 19.1 Å². The summed E-state index contributed by atoms with van der Waals surface area (Å²) >= 11 is 0. The van der Waals surface area contributed by atoms with E-state index in [9.17, 15) is 9.59 Å². The van der Waals surface area contributed by atoms with Crippen LogP contribution in [-0.2, 0) is 16.0 Å². The Kier molecular flexibility index (Phi) is 13.5. The molecular weight excluding hydrogens is 383 g/mol. The van der Waals surface area contributed by atoms with Crippen LogP contribution >= 0.6 is 0 Å². The first-order chi connectivity index (χ1) is 14.8. The van der Waals surface area contributed by atoms with Crippen LogP contribution in [0, 0.1) is 5.92 Å². The highest BCUT2D eigenvalue weighted by atomic mass is 16.5. The van der Waals surface area contributed by atoms with Crippen molar-refractivity contribution < 1.29 is 14.3 Å². The Balaban J connectivity index is 2.63. The zero-order chi connectivity index (χ0) is 23.1. The van der Waals surface area contributed by atoms with Gasteiger partial charge < -0.3 is 4.74 Å². The second-order valence-electron chi connectivity index (χ2n) is 9.23. The molecule has 4 heteroatoms. The first kappa shape index (κ1) is 27.5. The van der Waals surface area contributed by atoms with E-state index in [4.69, 9.17) is 12.6 Å². The van der Waals surface area contributed by atoms with Crippen molar-refractivity contribution in [3.05, 3.63) is 29.8 Å². The van der Waals surface area contributed by atoms with Crippen LogP contribution in [0.5, 0.6) is 5.75 Å². The summed E-state index contributed by atoms with van der Waals surface area (Å²) in [5.41, 5.74) is 0.902. The van der Waals surface area contributed by atoms with Crippen molar-refractivity contribution in [1.29, 1.82) is 0 Å². The van der Waals surface area contributed by atoms with E-state index in [-0.39, 0.29) is 17.7 Å². The van der Waals surface area contributed by atoms with Gasteiger partial charge in [-0.25, -0.2) is 0 Å². The fourth-order valence-corrected chi connectivity index (χ4v) is 3.81. The van der Waals surface area contributed by atoms with E-state index < -0.39 is 5.31 Å². The number of carbonyl (C=O) groups excluding carboxylic acids is 2. The van der Waals surface area contributed by atoms with Gasteiger partial charge in [0.1, 0.15) is 11.5 Å². The molecule has 0 fully saturated rings. The largest absolute Gasteiger partial charge is 0.426 e. The van der Waals surface area contributed by atoms with Crippen molar-refractivity contribution in [2.24, 2.45) is 5.92 Å². The van der Waals surface area contributed by atoms with E-state index in [1.165, 1.54) is 0 Å². The highest BCUT2D eigenvalue weighted by molar-refractivity contribution is 6.28. The predicted molar refractivity (Wildman–Crippen MR) is 131 cm³/mol. The van der Waals surface area contributed by atoms with Crippen LogP contribution in [0.4, 0.5) is 0 Å². The van der Waals surface area contributed by atoms with Gasteiger partial charge in [-0.15, -0.1) is 0 Å². The molecule has 0 amide bonds. The first-order valence-electron chi connectivity index (χ1n) is 12.5. The van der Waals surface area contributed by atoms with Crippen molar-refractivity contribution in [2.45, 2.75) is 116 Å². The average Bonchev–Trinajstić information content (AvgIpc) is 2.74. The van der Waals surface area contributed by atoms with Gasteiger partial charge >= 0.3 is 5.97 Å². The molecule has 0 spiro atoms. The van der Waals surface area contributed by atoms with Crippen LogP contribution in [0.2, 0.25) is 5.31 Å². The van der Waals surface area contributed by atoms with E-state index in [0.717, 1.165) is 76.2 Å². The molecule has 0 aliphatic carbocycles. The smallest absolute Gasteiger partial charge is 0.314 e. The number of unbranched alkanes of at least 4 members (excludes halogenated alkanes) is 6. The standard InChI is InChI=1S/C27H43BO3/c1-5-8-11-14-23(15-12-9-6-2)26(30)31-24-18-16-22(17-19-24)21-25(29)27(4,28)20-13-10-7-3/h16-19,23H,5-15,20-21H2,1-4H3. The summed E-state index contributed by atoms with van der Waals surface area (Å²) in [5.74, 6) is 0.456. The molecule has 0 aromatic heterocycles. The summed E-state index contributed by atoms with van der Waals surface area (Å²) in [5, 5.41) is -0.787. The molecule has 0 heterocycles. The molecule has 0 bridgehead atoms. The van der Waals surface area contributed by atoms with Crippen molar-refractivity contribution in [3.63, 3.8) is 0 Å². The van der Waals surface area contributed by atoms with Gasteiger partial charge in [0.2, 0.25) is 0 Å². The molecule has 1 unspecified atom stereocenters. The molecule has 31 heavy (non-hydrogen) atoms. The Bertz CT molecular complexity index is 626. The zero-order valence-electron chi connectivity index (χ0n) is 20.4. The van der Waals surface area contributed by atoms with Crippen molar-refractivity contribution in [1.82, 2.24) is 0 Å². The molecule has 1 aromatic carbocycles. The highest BCUT2D eigenvalue weighted by Gasteiger charge is 2.26. The molecule has 1 atom stereocenters. The number of carbonyl (C=O) groups is 2. The maximum atomic E-state index is 12.7. The summed E-state index contributed by atoms with van der Waals surface area (Å²) in [7, 11) is 6.26. The van der Waals surface area contributed by atoms with Gasteiger partial charge in [-0.2, -0.15) is 0 Å². The normalized spacial score (nSPS) is 13.2. The number of benzene rings is 1. The summed E-state index contributed by atoms with van der Waals surface area (Å²) in [4.78, 5) is 25.3. The monoisotopic (exact) mass is 426 g/mol. The second kappa shape index (κ2) is 15.3. The Morgan fingerprint density at radius 3 is 1.90 bits per heavy atom. The fourth-order valence-electron chi connectivity index (χ4n) is 3.81. The minimum absolute atomic E-state index is 0.0274. The lowest BCUT2D eigenvalue weighted by molar-refractivity contribution is -0.139. The molecule has 1 rings (SSSR count). The van der Waals surface area contributed by atoms with Crippen LogP contribution in [0.15, 0.2) is 24.3 Å². The summed E-state index contributed by atoms with van der Waals surface area (Å²) in [6.07, 6.45) is 12.7. The van der Waals surface area contributed by atoms with Gasteiger partial charge in [-0.1, -0.05) is 97.6 Å². The number of ketones is 1. The molecule has 0 aliphatic rings. The van der Waals surface area contributed by atoms with Gasteiger partial charge in [0.05, 0.1) is 13.8 Å². The molecule has 172 valence electrons. The second-order valence-corrected chi connectivity index (χ2v) is 9.23. The third-order valence-corrected chi connectivity index (χ3v) is 6.09. The van der Waals surface area contributed by atoms with Gasteiger partial charge in [-0.3, -0.25) is 9.59 Å². The maximum Gasteiger partial charge on any atom is 0.314 e. The van der Waals surface area contributed by atoms with E-state index in [0.29, 0.717) is 18.6 Å². The lowest BCUT2D eigenvalue weighted by atomic mass is 9.63. The number of Topliss-reactive ketones (excluding diaryl/α,β-unsaturated/α-hetero) is 1. The van der Waals surface area contributed by atoms with Gasteiger partial charge in [0, 0.05) is 6.42 Å². The third kappa shape index (κ3) is 11.0. The number of hydrogen-bond acceptors (Lipinski definition) is 3. The molecule has 0 saturated heterocycles. The predicted octanol–water partition coefficient (Wildman–Crippen LogP) is 7.41. The lowest BCUT2D eigenvalue weighted by Crippen LogP contribution is -2.23. The molecule has 3 nitrogen and oxygen atoms in total. The topological polar surface area (TPSA) is 43.4 Å². The Morgan fingerprint density at radius 2 is 1.39 bits per heavy atom. The summed E-state index contributed by atoms with van der Waals surface area (Å²) < 4.78 is 5.68. The summed E-state index contributed by atoms with van der Waals surface area (Å²) in [6, 6.07) is 7.32. The molecule has 0 saturated carbocycles. The molecule has 1 aromatic rings. The SMILES string of the molecule is [B]C(C)(CCCCC)C(=O)Cc1ccc(OC(=O)C(CCCCC)CCCCC)cc1. The summed E-state index contributed by atoms with van der Waals surface area (Å²) in [6.45, 7) is 8.32. The third-order valence-electron chi connectivity index (χ3n) is 6.09. The van der Waals surface area contributed by atoms with E-state index >= 15 is 0 Å². The van der Waals surface area contributed by atoms with Gasteiger partial charge in [0.15, 0.2) is 0 Å². The maximum absolute atomic E-state index is 12.7. The van der Waals surface area contributed by atoms with Crippen molar-refractivity contribution in [2.75, 3.05) is 0 Å². The molecular formula is C27H43BO3. The van der Waals surface area contributed by atoms with Crippen LogP contribution < -0.4 is 4.74 Å². The fraction of sp³-hybridized carbons (Fsp3) is 0.704. The number of esters is 1. The van der Waals surface area contributed by atoms with Gasteiger partial charge in [0.25, 0.3) is 0 Å². The van der Waals surface area contributed by atoms with Crippen LogP contribution in [0.3, 0.4) is 0 Å².